The van der Waals surface area contributed by atoms with Crippen molar-refractivity contribution >= 4 is 40.0 Å². The van der Waals surface area contributed by atoms with Crippen LogP contribution in [0.3, 0.4) is 0 Å². The van der Waals surface area contributed by atoms with Crippen molar-refractivity contribution in [2.24, 2.45) is 10.9 Å². The molecule has 24 heavy (non-hydrogen) atoms. The van der Waals surface area contributed by atoms with Crippen LogP contribution in [0.5, 0.6) is 0 Å². The van der Waals surface area contributed by atoms with Crippen LogP contribution in [0.15, 0.2) is 35.3 Å². The summed E-state index contributed by atoms with van der Waals surface area (Å²) in [6, 6.07) is 10.1. The zero-order valence-electron chi connectivity index (χ0n) is 14.5. The van der Waals surface area contributed by atoms with Gasteiger partial charge in [-0.05, 0) is 12.5 Å². The van der Waals surface area contributed by atoms with Crippen LogP contribution in [0.25, 0.3) is 0 Å². The Bertz CT molecular complexity index is 629. The zero-order chi connectivity index (χ0) is 16.9. The molecule has 1 aromatic carbocycles. The van der Waals surface area contributed by atoms with E-state index >= 15 is 0 Å². The largest absolute Gasteiger partial charge is 0.356 e. The van der Waals surface area contributed by atoms with E-state index in [9.17, 15) is 8.42 Å². The quantitative estimate of drug-likeness (QED) is 0.393. The number of hydrogen-bond acceptors (Lipinski definition) is 3. The van der Waals surface area contributed by atoms with E-state index in [2.05, 4.69) is 22.4 Å². The molecule has 136 valence electrons. The number of benzene rings is 1. The van der Waals surface area contributed by atoms with E-state index in [0.29, 0.717) is 25.6 Å². The van der Waals surface area contributed by atoms with Gasteiger partial charge in [0.15, 0.2) is 5.96 Å². The van der Waals surface area contributed by atoms with E-state index in [0.717, 1.165) is 18.1 Å². The standard InChI is InChI=1S/C16H26N4O2S.HI/c1-4-23(21,22)20-12-15(13-20)11-18-16(19(2)3)17-10-14-8-6-5-7-9-14;/h5-9,15H,4,10-13H2,1-3H3,(H,17,18);1H. The lowest BCUT2D eigenvalue weighted by atomic mass is 10.0. The lowest BCUT2D eigenvalue weighted by Gasteiger charge is -2.38. The van der Waals surface area contributed by atoms with Gasteiger partial charge < -0.3 is 10.2 Å². The average Bonchev–Trinajstić information content (AvgIpc) is 2.49. The number of rotatable bonds is 6. The molecule has 0 spiro atoms. The van der Waals surface area contributed by atoms with Crippen molar-refractivity contribution in [2.75, 3.05) is 39.5 Å². The van der Waals surface area contributed by atoms with E-state index in [1.54, 1.807) is 11.2 Å². The SMILES string of the molecule is CCS(=O)(=O)N1CC(CNC(=NCc2ccccc2)N(C)C)C1.I. The average molecular weight is 466 g/mol. The van der Waals surface area contributed by atoms with Gasteiger partial charge in [-0.25, -0.2) is 17.7 Å². The van der Waals surface area contributed by atoms with Gasteiger partial charge in [-0.1, -0.05) is 30.3 Å². The van der Waals surface area contributed by atoms with Crippen molar-refractivity contribution in [3.8, 4) is 0 Å². The van der Waals surface area contributed by atoms with Crippen LogP contribution in [0.2, 0.25) is 0 Å². The van der Waals surface area contributed by atoms with Crippen molar-refractivity contribution in [3.05, 3.63) is 35.9 Å². The minimum absolute atomic E-state index is 0. The number of sulfonamides is 1. The monoisotopic (exact) mass is 466 g/mol. The Hall–Kier alpha value is -0.870. The topological polar surface area (TPSA) is 65.0 Å². The molecule has 1 aliphatic heterocycles. The Morgan fingerprint density at radius 1 is 1.29 bits per heavy atom. The summed E-state index contributed by atoms with van der Waals surface area (Å²) in [7, 11) is 0.869. The smallest absolute Gasteiger partial charge is 0.213 e. The highest BCUT2D eigenvalue weighted by molar-refractivity contribution is 14.0. The highest BCUT2D eigenvalue weighted by atomic mass is 127. The van der Waals surface area contributed by atoms with E-state index in [1.165, 1.54) is 0 Å². The lowest BCUT2D eigenvalue weighted by molar-refractivity contribution is 0.201. The minimum atomic E-state index is -3.03. The Morgan fingerprint density at radius 2 is 1.92 bits per heavy atom. The molecule has 0 bridgehead atoms. The van der Waals surface area contributed by atoms with Crippen LogP contribution in [0.1, 0.15) is 12.5 Å². The molecule has 1 N–H and O–H groups in total. The number of nitrogens with zero attached hydrogens (tertiary/aromatic N) is 3. The molecule has 0 atom stereocenters. The Morgan fingerprint density at radius 3 is 2.46 bits per heavy atom. The van der Waals surface area contributed by atoms with Gasteiger partial charge in [0.25, 0.3) is 0 Å². The lowest BCUT2D eigenvalue weighted by Crippen LogP contribution is -2.54. The third kappa shape index (κ3) is 5.89. The second kappa shape index (κ2) is 9.57. The molecule has 6 nitrogen and oxygen atoms in total. The first-order valence-corrected chi connectivity index (χ1v) is 9.50. The summed E-state index contributed by atoms with van der Waals surface area (Å²) in [6.45, 7) is 4.25. The van der Waals surface area contributed by atoms with Crippen molar-refractivity contribution in [2.45, 2.75) is 13.5 Å². The fourth-order valence-electron chi connectivity index (χ4n) is 2.40. The summed E-state index contributed by atoms with van der Waals surface area (Å²) >= 11 is 0. The number of guanidine groups is 1. The predicted octanol–water partition coefficient (Wildman–Crippen LogP) is 1.59. The third-order valence-electron chi connectivity index (χ3n) is 3.91. The van der Waals surface area contributed by atoms with Gasteiger partial charge in [-0.15, -0.1) is 24.0 Å². The van der Waals surface area contributed by atoms with Crippen molar-refractivity contribution < 1.29 is 8.42 Å². The molecular formula is C16H27IN4O2S. The first kappa shape index (κ1) is 21.2. The predicted molar refractivity (Wildman–Crippen MR) is 109 cm³/mol. The normalized spacial score (nSPS) is 16.2. The summed E-state index contributed by atoms with van der Waals surface area (Å²) in [5.74, 6) is 1.35. The maximum atomic E-state index is 11.7. The van der Waals surface area contributed by atoms with Gasteiger partial charge in [0.2, 0.25) is 10.0 Å². The zero-order valence-corrected chi connectivity index (χ0v) is 17.6. The maximum absolute atomic E-state index is 11.7. The van der Waals surface area contributed by atoms with Crippen molar-refractivity contribution in [1.29, 1.82) is 0 Å². The fourth-order valence-corrected chi connectivity index (χ4v) is 3.64. The molecule has 1 saturated heterocycles. The van der Waals surface area contributed by atoms with Crippen LogP contribution in [0.4, 0.5) is 0 Å². The molecule has 0 saturated carbocycles. The molecule has 0 amide bonds. The third-order valence-corrected chi connectivity index (χ3v) is 5.72. The van der Waals surface area contributed by atoms with Gasteiger partial charge in [0, 0.05) is 39.6 Å². The molecule has 1 aliphatic rings. The van der Waals surface area contributed by atoms with Crippen LogP contribution in [-0.2, 0) is 16.6 Å². The first-order chi connectivity index (χ1) is 10.9. The second-order valence-electron chi connectivity index (χ2n) is 5.98. The van der Waals surface area contributed by atoms with E-state index in [4.69, 9.17) is 0 Å². The Labute approximate surface area is 162 Å². The highest BCUT2D eigenvalue weighted by Crippen LogP contribution is 2.19. The molecule has 0 aromatic heterocycles. The molecule has 1 heterocycles. The van der Waals surface area contributed by atoms with E-state index < -0.39 is 10.0 Å². The molecular weight excluding hydrogens is 439 g/mol. The molecule has 2 rings (SSSR count). The summed E-state index contributed by atoms with van der Waals surface area (Å²) in [6.07, 6.45) is 0. The van der Waals surface area contributed by atoms with Crippen LogP contribution >= 0.6 is 24.0 Å². The van der Waals surface area contributed by atoms with Gasteiger partial charge in [0.1, 0.15) is 0 Å². The summed E-state index contributed by atoms with van der Waals surface area (Å²) < 4.78 is 25.0. The summed E-state index contributed by atoms with van der Waals surface area (Å²) in [4.78, 5) is 6.55. The number of hydrogen-bond donors (Lipinski definition) is 1. The summed E-state index contributed by atoms with van der Waals surface area (Å²) in [5.41, 5.74) is 1.16. The van der Waals surface area contributed by atoms with Gasteiger partial charge >= 0.3 is 0 Å². The Kier molecular flexibility index (Phi) is 8.44. The van der Waals surface area contributed by atoms with Crippen molar-refractivity contribution in [3.63, 3.8) is 0 Å². The van der Waals surface area contributed by atoms with E-state index in [1.807, 2.05) is 37.2 Å². The van der Waals surface area contributed by atoms with Crippen LogP contribution < -0.4 is 5.32 Å². The van der Waals surface area contributed by atoms with Gasteiger partial charge in [-0.2, -0.15) is 0 Å². The number of aliphatic imine (C=N–C) groups is 1. The molecule has 1 fully saturated rings. The number of halogens is 1. The first-order valence-electron chi connectivity index (χ1n) is 7.89. The van der Waals surface area contributed by atoms with Crippen molar-refractivity contribution in [1.82, 2.24) is 14.5 Å². The molecule has 8 heteroatoms. The van der Waals surface area contributed by atoms with Crippen LogP contribution in [0, 0.1) is 5.92 Å². The highest BCUT2D eigenvalue weighted by Gasteiger charge is 2.34. The van der Waals surface area contributed by atoms with Crippen LogP contribution in [-0.4, -0.2) is 63.1 Å². The molecule has 0 aliphatic carbocycles. The Balaban J connectivity index is 0.00000288. The molecule has 0 radical (unpaired) electrons. The number of nitrogens with one attached hydrogen (secondary N) is 1. The summed E-state index contributed by atoms with van der Waals surface area (Å²) in [5, 5.41) is 3.34. The van der Waals surface area contributed by atoms with Gasteiger partial charge in [0.05, 0.1) is 12.3 Å². The molecule has 0 unspecified atom stereocenters. The fraction of sp³-hybridized carbons (Fsp3) is 0.562. The van der Waals surface area contributed by atoms with Gasteiger partial charge in [-0.3, -0.25) is 0 Å². The maximum Gasteiger partial charge on any atom is 0.213 e. The van der Waals surface area contributed by atoms with E-state index in [-0.39, 0.29) is 29.7 Å². The molecule has 1 aromatic rings. The minimum Gasteiger partial charge on any atom is -0.356 e. The second-order valence-corrected chi connectivity index (χ2v) is 8.24.